The second-order valence-electron chi connectivity index (χ2n) is 16.4. The molecule has 0 atom stereocenters. The monoisotopic (exact) mass is 799 g/mol. The van der Waals surface area contributed by atoms with E-state index in [4.69, 9.17) is 9.97 Å². The predicted octanol–water partition coefficient (Wildman–Crippen LogP) is 16.0. The van der Waals surface area contributed by atoms with Crippen LogP contribution in [0.4, 0.5) is 0 Å². The summed E-state index contributed by atoms with van der Waals surface area (Å²) in [6.07, 6.45) is 0. The van der Waals surface area contributed by atoms with Crippen LogP contribution < -0.4 is 0 Å². The molecule has 0 aliphatic carbocycles. The number of aromatic nitrogens is 3. The average molecular weight is 800 g/mol. The maximum absolute atomic E-state index is 5.35. The molecule has 0 amide bonds. The molecule has 0 radical (unpaired) electrons. The van der Waals surface area contributed by atoms with E-state index in [0.717, 1.165) is 39.3 Å². The molecule has 0 saturated carbocycles. The molecule has 0 saturated heterocycles. The lowest BCUT2D eigenvalue weighted by Crippen LogP contribution is -1.97. The number of fused-ring (bicyclic) bond motifs is 13. The Morgan fingerprint density at radius 3 is 1.59 bits per heavy atom. The molecule has 2 heterocycles. The lowest BCUT2D eigenvalue weighted by atomic mass is 9.88. The smallest absolute Gasteiger partial charge is 0.160 e. The summed E-state index contributed by atoms with van der Waals surface area (Å²) in [6.45, 7) is 0. The fraction of sp³-hybridized carbons (Fsp3) is 0. The standard InChI is InChI=1S/C60H37N3/c1-3-17-39(18-4-1)54-37-55(52-35-41-19-7-8-22-43(41)44-23-9-10-24-45(44)52)62-60(61-54)40-33-31-38(32-34-40)51-36-53-47-26-12-14-28-49(47)59-58(57(53)48-27-13-11-25-46(48)51)50-29-15-16-30-56(50)63(59)42-20-5-2-6-21-42/h1-37H. The zero-order valence-electron chi connectivity index (χ0n) is 34.2. The van der Waals surface area contributed by atoms with Crippen molar-refractivity contribution in [1.82, 2.24) is 14.5 Å². The number of rotatable bonds is 5. The Morgan fingerprint density at radius 2 is 0.841 bits per heavy atom. The zero-order valence-corrected chi connectivity index (χ0v) is 34.2. The fourth-order valence-corrected chi connectivity index (χ4v) is 10.1. The van der Waals surface area contributed by atoms with Gasteiger partial charge < -0.3 is 4.57 Å². The van der Waals surface area contributed by atoms with Crippen molar-refractivity contribution in [2.75, 3.05) is 0 Å². The third kappa shape index (κ3) is 5.53. The van der Waals surface area contributed by atoms with E-state index in [1.54, 1.807) is 0 Å². The molecule has 0 N–H and O–H groups in total. The van der Waals surface area contributed by atoms with Crippen LogP contribution in [0, 0.1) is 0 Å². The Balaban J connectivity index is 1.02. The summed E-state index contributed by atoms with van der Waals surface area (Å²) in [7, 11) is 0. The molecule has 3 nitrogen and oxygen atoms in total. The van der Waals surface area contributed by atoms with E-state index in [-0.39, 0.29) is 0 Å². The second kappa shape index (κ2) is 14.1. The van der Waals surface area contributed by atoms with E-state index in [9.17, 15) is 0 Å². The second-order valence-corrected chi connectivity index (χ2v) is 16.4. The van der Waals surface area contributed by atoms with Gasteiger partial charge in [0.15, 0.2) is 5.82 Å². The van der Waals surface area contributed by atoms with Gasteiger partial charge in [0.2, 0.25) is 0 Å². The Morgan fingerprint density at radius 1 is 0.302 bits per heavy atom. The fourth-order valence-electron chi connectivity index (χ4n) is 10.1. The largest absolute Gasteiger partial charge is 0.309 e. The van der Waals surface area contributed by atoms with E-state index < -0.39 is 0 Å². The van der Waals surface area contributed by atoms with E-state index in [1.807, 2.05) is 6.07 Å². The SMILES string of the molecule is c1ccc(-c2cc(-c3cc4ccccc4c4ccccc34)nc(-c3ccc(-c4cc5c6ccccc6c6c(c7ccccc7n6-c6ccccc6)c5c5ccccc45)cc3)n2)cc1. The summed E-state index contributed by atoms with van der Waals surface area (Å²) in [5, 5.41) is 14.8. The van der Waals surface area contributed by atoms with Crippen molar-refractivity contribution in [2.24, 2.45) is 0 Å². The number of hydrogen-bond acceptors (Lipinski definition) is 2. The average Bonchev–Trinajstić information content (AvgIpc) is 3.71. The first-order valence-corrected chi connectivity index (χ1v) is 21.6. The van der Waals surface area contributed by atoms with Crippen LogP contribution in [0.15, 0.2) is 224 Å². The molecular formula is C60H37N3. The number of para-hydroxylation sites is 2. The lowest BCUT2D eigenvalue weighted by Gasteiger charge is -2.16. The van der Waals surface area contributed by atoms with Crippen molar-refractivity contribution < 1.29 is 0 Å². The molecule has 0 spiro atoms. The van der Waals surface area contributed by atoms with Crippen LogP contribution >= 0.6 is 0 Å². The minimum Gasteiger partial charge on any atom is -0.309 e. The Kier molecular flexibility index (Phi) is 7.91. The number of nitrogens with zero attached hydrogens (tertiary/aromatic N) is 3. The summed E-state index contributed by atoms with van der Waals surface area (Å²) >= 11 is 0. The maximum atomic E-state index is 5.35. The summed E-state index contributed by atoms with van der Waals surface area (Å²) in [6, 6.07) is 80.9. The van der Waals surface area contributed by atoms with Gasteiger partial charge in [0.1, 0.15) is 0 Å². The van der Waals surface area contributed by atoms with Crippen molar-refractivity contribution in [3.63, 3.8) is 0 Å². The number of benzene rings is 11. The predicted molar refractivity (Wildman–Crippen MR) is 266 cm³/mol. The minimum absolute atomic E-state index is 0.696. The van der Waals surface area contributed by atoms with E-state index >= 15 is 0 Å². The van der Waals surface area contributed by atoms with Gasteiger partial charge in [-0.2, -0.15) is 0 Å². The molecule has 0 aliphatic rings. The molecule has 13 rings (SSSR count). The molecule has 0 unspecified atom stereocenters. The van der Waals surface area contributed by atoms with Crippen molar-refractivity contribution in [3.8, 4) is 50.7 Å². The summed E-state index contributed by atoms with van der Waals surface area (Å²) in [5.74, 6) is 0.696. The van der Waals surface area contributed by atoms with Gasteiger partial charge >= 0.3 is 0 Å². The minimum atomic E-state index is 0.696. The van der Waals surface area contributed by atoms with Crippen molar-refractivity contribution in [2.45, 2.75) is 0 Å². The molecule has 292 valence electrons. The first-order valence-electron chi connectivity index (χ1n) is 21.6. The summed E-state index contributed by atoms with van der Waals surface area (Å²) in [5.41, 5.74) is 10.9. The quantitative estimate of drug-likeness (QED) is 0.162. The Hall–Kier alpha value is -8.40. The van der Waals surface area contributed by atoms with Crippen molar-refractivity contribution in [1.29, 1.82) is 0 Å². The van der Waals surface area contributed by atoms with Gasteiger partial charge in [-0.15, -0.1) is 0 Å². The maximum Gasteiger partial charge on any atom is 0.160 e. The normalized spacial score (nSPS) is 11.8. The Labute approximate surface area is 363 Å². The molecule has 0 bridgehead atoms. The third-order valence-electron chi connectivity index (χ3n) is 12.9. The van der Waals surface area contributed by atoms with Gasteiger partial charge in [-0.3, -0.25) is 0 Å². The Bertz CT molecular complexity index is 3940. The first kappa shape index (κ1) is 35.4. The topological polar surface area (TPSA) is 30.7 Å². The lowest BCUT2D eigenvalue weighted by molar-refractivity contribution is 1.19. The summed E-state index contributed by atoms with van der Waals surface area (Å²) in [4.78, 5) is 10.6. The van der Waals surface area contributed by atoms with Crippen LogP contribution in [0.5, 0.6) is 0 Å². The molecule has 11 aromatic carbocycles. The third-order valence-corrected chi connectivity index (χ3v) is 12.9. The van der Waals surface area contributed by atoms with Gasteiger partial charge in [-0.1, -0.05) is 188 Å². The van der Waals surface area contributed by atoms with Crippen LogP contribution in [-0.2, 0) is 0 Å². The molecule has 0 fully saturated rings. The van der Waals surface area contributed by atoms with E-state index in [2.05, 4.69) is 223 Å². The van der Waals surface area contributed by atoms with Crippen LogP contribution in [0.1, 0.15) is 0 Å². The van der Waals surface area contributed by atoms with Crippen molar-refractivity contribution in [3.05, 3.63) is 224 Å². The van der Waals surface area contributed by atoms with Crippen LogP contribution in [0.25, 0.3) is 126 Å². The van der Waals surface area contributed by atoms with E-state index in [0.29, 0.717) is 5.82 Å². The highest BCUT2D eigenvalue weighted by Crippen LogP contribution is 2.47. The molecule has 0 aliphatic heterocycles. The highest BCUT2D eigenvalue weighted by Gasteiger charge is 2.22. The number of hydrogen-bond donors (Lipinski definition) is 0. The van der Waals surface area contributed by atoms with Crippen LogP contribution in [0.3, 0.4) is 0 Å². The van der Waals surface area contributed by atoms with E-state index in [1.165, 1.54) is 81.2 Å². The highest BCUT2D eigenvalue weighted by molar-refractivity contribution is 6.38. The van der Waals surface area contributed by atoms with Gasteiger partial charge in [-0.25, -0.2) is 9.97 Å². The first-order chi connectivity index (χ1) is 31.3. The molecule has 3 heteroatoms. The van der Waals surface area contributed by atoms with Crippen molar-refractivity contribution >= 4 is 75.7 Å². The summed E-state index contributed by atoms with van der Waals surface area (Å²) < 4.78 is 2.45. The molecular weight excluding hydrogens is 763 g/mol. The zero-order chi connectivity index (χ0) is 41.4. The van der Waals surface area contributed by atoms with Gasteiger partial charge in [-0.05, 0) is 90.6 Å². The molecule has 13 aromatic rings. The van der Waals surface area contributed by atoms with Gasteiger partial charge in [0, 0.05) is 43.9 Å². The molecule has 2 aromatic heterocycles. The van der Waals surface area contributed by atoms with Gasteiger partial charge in [0.05, 0.1) is 22.4 Å². The van der Waals surface area contributed by atoms with Gasteiger partial charge in [0.25, 0.3) is 0 Å². The van der Waals surface area contributed by atoms with Crippen LogP contribution in [0.2, 0.25) is 0 Å². The highest BCUT2D eigenvalue weighted by atomic mass is 15.0. The molecule has 63 heavy (non-hydrogen) atoms. The van der Waals surface area contributed by atoms with Crippen LogP contribution in [-0.4, -0.2) is 14.5 Å².